The fraction of sp³-hybridized carbons (Fsp3) is 0.167. The first-order valence-corrected chi connectivity index (χ1v) is 2.70. The number of nitrogens with one attached hydrogen (secondary N) is 1. The highest BCUT2D eigenvalue weighted by Crippen LogP contribution is 1.82. The van der Waals surface area contributed by atoms with Gasteiger partial charge in [-0.3, -0.25) is 4.79 Å². The van der Waals surface area contributed by atoms with Crippen molar-refractivity contribution in [1.29, 1.82) is 0 Å². The number of halogens is 2. The second kappa shape index (κ2) is 6.22. The Hall–Kier alpha value is -0.510. The minimum Gasteiger partial charge on any atom is -0.364 e. The highest BCUT2D eigenvalue weighted by Gasteiger charge is 1.85. The number of H-pyrrole nitrogens is 1. The molecule has 5 heteroatoms. The molecule has 0 bridgehead atoms. The van der Waals surface area contributed by atoms with Crippen molar-refractivity contribution >= 4 is 24.8 Å². The molecular weight excluding hydrogens is 187 g/mol. The lowest BCUT2D eigenvalue weighted by molar-refractivity contribution is 0.985. The summed E-state index contributed by atoms with van der Waals surface area (Å²) >= 11 is 0. The van der Waals surface area contributed by atoms with Crippen molar-refractivity contribution < 1.29 is 0 Å². The quantitative estimate of drug-likeness (QED) is 0.695. The van der Waals surface area contributed by atoms with Crippen molar-refractivity contribution in [3.8, 4) is 0 Å². The van der Waals surface area contributed by atoms with Gasteiger partial charge in [0, 0.05) is 30.6 Å². The molecule has 0 aliphatic carbocycles. The predicted octanol–water partition coefficient (Wildman–Crippen LogP) is 0.677. The lowest BCUT2D eigenvalue weighted by Crippen LogP contribution is -2.05. The van der Waals surface area contributed by atoms with E-state index >= 15 is 0 Å². The van der Waals surface area contributed by atoms with E-state index in [0.29, 0.717) is 6.54 Å². The molecular formula is C6H10Cl2N2O. The van der Waals surface area contributed by atoms with Crippen LogP contribution >= 0.6 is 24.8 Å². The molecule has 0 aromatic carbocycles. The fourth-order valence-corrected chi connectivity index (χ4v) is 0.610. The molecule has 3 nitrogen and oxygen atoms in total. The predicted molar refractivity (Wildman–Crippen MR) is 49.5 cm³/mol. The normalized spacial score (nSPS) is 7.73. The maximum absolute atomic E-state index is 10.6. The van der Waals surface area contributed by atoms with Crippen molar-refractivity contribution in [3.05, 3.63) is 34.2 Å². The van der Waals surface area contributed by atoms with Gasteiger partial charge < -0.3 is 10.7 Å². The Bertz CT molecular complexity index is 248. The lowest BCUT2D eigenvalue weighted by atomic mass is 10.3. The van der Waals surface area contributed by atoms with E-state index in [1.807, 2.05) is 0 Å². The third-order valence-corrected chi connectivity index (χ3v) is 1.05. The van der Waals surface area contributed by atoms with Crippen molar-refractivity contribution in [1.82, 2.24) is 4.98 Å². The molecule has 0 amide bonds. The highest BCUT2D eigenvalue weighted by molar-refractivity contribution is 5.85. The average Bonchev–Trinajstić information content (AvgIpc) is 1.88. The molecule has 0 saturated heterocycles. The Balaban J connectivity index is 0. The maximum Gasteiger partial charge on any atom is 0.181 e. The molecule has 1 rings (SSSR count). The Morgan fingerprint density at radius 1 is 1.45 bits per heavy atom. The van der Waals surface area contributed by atoms with Gasteiger partial charge in [0.2, 0.25) is 0 Å². The molecule has 1 aromatic heterocycles. The molecule has 11 heavy (non-hydrogen) atoms. The van der Waals surface area contributed by atoms with E-state index in [9.17, 15) is 4.79 Å². The Kier molecular flexibility index (Phi) is 7.41. The van der Waals surface area contributed by atoms with Gasteiger partial charge in [0.25, 0.3) is 0 Å². The molecule has 1 aromatic rings. The van der Waals surface area contributed by atoms with Crippen LogP contribution in [0.2, 0.25) is 0 Å². The molecule has 0 atom stereocenters. The third-order valence-electron chi connectivity index (χ3n) is 1.05. The summed E-state index contributed by atoms with van der Waals surface area (Å²) in [6.45, 7) is 0.385. The Morgan fingerprint density at radius 2 is 2.09 bits per heavy atom. The van der Waals surface area contributed by atoms with Crippen LogP contribution in [-0.4, -0.2) is 4.98 Å². The molecule has 1 heterocycles. The second-order valence-electron chi connectivity index (χ2n) is 1.75. The number of aromatic amines is 1. The van der Waals surface area contributed by atoms with Gasteiger partial charge in [-0.2, -0.15) is 0 Å². The molecule has 3 N–H and O–H groups in total. The maximum atomic E-state index is 10.6. The lowest BCUT2D eigenvalue weighted by Gasteiger charge is -1.91. The number of hydrogen-bond donors (Lipinski definition) is 2. The van der Waals surface area contributed by atoms with E-state index in [1.165, 1.54) is 12.1 Å². The molecule has 64 valence electrons. The SMILES string of the molecule is Cl.Cl.NCc1cc(=O)cc[nH]1. The Labute approximate surface area is 76.8 Å². The van der Waals surface area contributed by atoms with Crippen LogP contribution in [-0.2, 0) is 6.54 Å². The molecule has 0 aliphatic heterocycles. The van der Waals surface area contributed by atoms with Gasteiger partial charge in [0.1, 0.15) is 0 Å². The number of rotatable bonds is 1. The largest absolute Gasteiger partial charge is 0.364 e. The summed E-state index contributed by atoms with van der Waals surface area (Å²) < 4.78 is 0. The highest BCUT2D eigenvalue weighted by atomic mass is 35.5. The number of aromatic nitrogens is 1. The average molecular weight is 197 g/mol. The summed E-state index contributed by atoms with van der Waals surface area (Å²) in [4.78, 5) is 13.4. The molecule has 0 saturated carbocycles. The van der Waals surface area contributed by atoms with E-state index in [4.69, 9.17) is 5.73 Å². The number of hydrogen-bond acceptors (Lipinski definition) is 2. The van der Waals surface area contributed by atoms with Crippen molar-refractivity contribution in [2.45, 2.75) is 6.54 Å². The van der Waals surface area contributed by atoms with Gasteiger partial charge in [-0.1, -0.05) is 0 Å². The summed E-state index contributed by atoms with van der Waals surface area (Å²) in [5, 5.41) is 0. The molecule has 0 spiro atoms. The minimum atomic E-state index is -0.00537. The van der Waals surface area contributed by atoms with Crippen LogP contribution in [0.3, 0.4) is 0 Å². The molecule has 0 fully saturated rings. The van der Waals surface area contributed by atoms with Crippen molar-refractivity contribution in [2.24, 2.45) is 5.73 Å². The van der Waals surface area contributed by atoms with Crippen LogP contribution in [0, 0.1) is 0 Å². The van der Waals surface area contributed by atoms with E-state index < -0.39 is 0 Å². The van der Waals surface area contributed by atoms with Gasteiger partial charge in [-0.25, -0.2) is 0 Å². The monoisotopic (exact) mass is 196 g/mol. The van der Waals surface area contributed by atoms with Crippen LogP contribution < -0.4 is 11.2 Å². The van der Waals surface area contributed by atoms with Crippen LogP contribution in [0.4, 0.5) is 0 Å². The van der Waals surface area contributed by atoms with E-state index in [1.54, 1.807) is 6.20 Å². The van der Waals surface area contributed by atoms with Crippen LogP contribution in [0.15, 0.2) is 23.1 Å². The summed E-state index contributed by atoms with van der Waals surface area (Å²) in [5.41, 5.74) is 6.01. The van der Waals surface area contributed by atoms with Gasteiger partial charge >= 0.3 is 0 Å². The molecule has 0 unspecified atom stereocenters. The van der Waals surface area contributed by atoms with Crippen LogP contribution in [0.1, 0.15) is 5.69 Å². The number of nitrogens with two attached hydrogens (primary N) is 1. The van der Waals surface area contributed by atoms with E-state index in [0.717, 1.165) is 5.69 Å². The van der Waals surface area contributed by atoms with Gasteiger partial charge in [-0.05, 0) is 0 Å². The first-order valence-electron chi connectivity index (χ1n) is 2.70. The number of pyridine rings is 1. The summed E-state index contributed by atoms with van der Waals surface area (Å²) in [6.07, 6.45) is 1.59. The smallest absolute Gasteiger partial charge is 0.181 e. The van der Waals surface area contributed by atoms with E-state index in [-0.39, 0.29) is 30.2 Å². The first kappa shape index (κ1) is 13.1. The van der Waals surface area contributed by atoms with Crippen LogP contribution in [0.5, 0.6) is 0 Å². The topological polar surface area (TPSA) is 58.9 Å². The van der Waals surface area contributed by atoms with Gasteiger partial charge in [0.05, 0.1) is 0 Å². The Morgan fingerprint density at radius 3 is 2.45 bits per heavy atom. The first-order chi connectivity index (χ1) is 4.33. The summed E-state index contributed by atoms with van der Waals surface area (Å²) in [6, 6.07) is 2.94. The van der Waals surface area contributed by atoms with E-state index in [2.05, 4.69) is 4.98 Å². The fourth-order valence-electron chi connectivity index (χ4n) is 0.610. The third kappa shape index (κ3) is 4.03. The van der Waals surface area contributed by atoms with Crippen LogP contribution in [0.25, 0.3) is 0 Å². The van der Waals surface area contributed by atoms with Gasteiger partial charge in [0.15, 0.2) is 5.43 Å². The molecule has 0 radical (unpaired) electrons. The summed E-state index contributed by atoms with van der Waals surface area (Å²) in [5.74, 6) is 0. The zero-order valence-electron chi connectivity index (χ0n) is 5.74. The standard InChI is InChI=1S/C6H8N2O.2ClH/c7-4-5-3-6(9)1-2-8-5;;/h1-3H,4,7H2,(H,8,9);2*1H. The van der Waals surface area contributed by atoms with Crippen molar-refractivity contribution in [3.63, 3.8) is 0 Å². The minimum absolute atomic E-state index is 0. The van der Waals surface area contributed by atoms with Crippen molar-refractivity contribution in [2.75, 3.05) is 0 Å². The molecule has 0 aliphatic rings. The second-order valence-corrected chi connectivity index (χ2v) is 1.75. The van der Waals surface area contributed by atoms with Gasteiger partial charge in [-0.15, -0.1) is 24.8 Å². The zero-order chi connectivity index (χ0) is 6.69. The summed E-state index contributed by atoms with van der Waals surface area (Å²) in [7, 11) is 0. The zero-order valence-corrected chi connectivity index (χ0v) is 7.37.